The fraction of sp³-hybridized carbons (Fsp3) is 0.348. The number of nitrogens with two attached hydrogens (primary N) is 1. The summed E-state index contributed by atoms with van der Waals surface area (Å²) in [4.78, 5) is 12.0. The van der Waals surface area contributed by atoms with Crippen molar-refractivity contribution in [3.05, 3.63) is 66.2 Å². The number of hydrogen-bond donors (Lipinski definition) is 4. The summed E-state index contributed by atoms with van der Waals surface area (Å²) in [6.45, 7) is 2.44. The normalized spacial score (nSPS) is 13.2. The molecule has 0 aliphatic carbocycles. The van der Waals surface area contributed by atoms with E-state index in [1.807, 2.05) is 6.92 Å². The number of amides is 1. The van der Waals surface area contributed by atoms with Crippen LogP contribution in [0.1, 0.15) is 31.4 Å². The van der Waals surface area contributed by atoms with Crippen molar-refractivity contribution in [3.63, 3.8) is 0 Å². The summed E-state index contributed by atoms with van der Waals surface area (Å²) in [7, 11) is 0. The minimum atomic E-state index is -0.839. The summed E-state index contributed by atoms with van der Waals surface area (Å²) >= 11 is 0. The third kappa shape index (κ3) is 7.51. The molecule has 7 heteroatoms. The summed E-state index contributed by atoms with van der Waals surface area (Å²) in [5.74, 6) is 0.308. The molecule has 2 aromatic rings. The average molecular weight is 415 g/mol. The highest BCUT2D eigenvalue weighted by atomic mass is 16.5. The van der Waals surface area contributed by atoms with Gasteiger partial charge in [-0.25, -0.2) is 0 Å². The van der Waals surface area contributed by atoms with Gasteiger partial charge in [0.25, 0.3) is 0 Å². The van der Waals surface area contributed by atoms with Gasteiger partial charge in [-0.1, -0.05) is 30.3 Å². The molecule has 0 fully saturated rings. The lowest BCUT2D eigenvalue weighted by molar-refractivity contribution is -0.111. The molecule has 0 saturated heterocycles. The number of nitrogens with one attached hydrogen (secondary N) is 1. The Labute approximate surface area is 177 Å². The molecular weight excluding hydrogens is 384 g/mol. The van der Waals surface area contributed by atoms with Gasteiger partial charge in [-0.15, -0.1) is 0 Å². The van der Waals surface area contributed by atoms with Crippen LogP contribution in [0.25, 0.3) is 0 Å². The first kappa shape index (κ1) is 23.4. The quantitative estimate of drug-likeness (QED) is 0.314. The van der Waals surface area contributed by atoms with Gasteiger partial charge < -0.3 is 30.7 Å². The number of nitrogen functional groups attached to an aromatic ring is 1. The molecule has 0 saturated carbocycles. The van der Waals surface area contributed by atoms with E-state index in [1.165, 1.54) is 6.08 Å². The molecule has 1 amide bonds. The van der Waals surface area contributed by atoms with Crippen LogP contribution in [0.15, 0.2) is 60.7 Å². The topological polar surface area (TPSA) is 114 Å². The summed E-state index contributed by atoms with van der Waals surface area (Å²) in [5.41, 5.74) is 7.56. The van der Waals surface area contributed by atoms with Crippen molar-refractivity contribution in [2.24, 2.45) is 0 Å². The zero-order valence-electron chi connectivity index (χ0n) is 17.2. The summed E-state index contributed by atoms with van der Waals surface area (Å²) < 4.78 is 11.1. The predicted molar refractivity (Wildman–Crippen MR) is 117 cm³/mol. The Balaban J connectivity index is 1.91. The van der Waals surface area contributed by atoms with E-state index in [0.29, 0.717) is 42.1 Å². The van der Waals surface area contributed by atoms with Gasteiger partial charge in [-0.2, -0.15) is 0 Å². The largest absolute Gasteiger partial charge is 0.491 e. The zero-order valence-corrected chi connectivity index (χ0v) is 17.2. The second kappa shape index (κ2) is 12.6. The smallest absolute Gasteiger partial charge is 0.248 e. The van der Waals surface area contributed by atoms with Crippen molar-refractivity contribution in [2.45, 2.75) is 32.0 Å². The number of ether oxygens (including phenoxy) is 2. The maximum absolute atomic E-state index is 12.0. The summed E-state index contributed by atoms with van der Waals surface area (Å²) in [6.07, 6.45) is 3.02. The number of anilines is 2. The van der Waals surface area contributed by atoms with Crippen molar-refractivity contribution in [2.75, 3.05) is 30.9 Å². The molecule has 0 spiro atoms. The van der Waals surface area contributed by atoms with E-state index in [2.05, 4.69) is 5.32 Å². The van der Waals surface area contributed by atoms with Crippen LogP contribution in [0, 0.1) is 0 Å². The van der Waals surface area contributed by atoms with Crippen LogP contribution in [0.2, 0.25) is 0 Å². The second-order valence-corrected chi connectivity index (χ2v) is 6.64. The number of carbonyl (C=O) groups is 1. The van der Waals surface area contributed by atoms with E-state index >= 15 is 0 Å². The van der Waals surface area contributed by atoms with Gasteiger partial charge in [-0.3, -0.25) is 4.79 Å². The van der Waals surface area contributed by atoms with Crippen molar-refractivity contribution in [1.29, 1.82) is 0 Å². The molecule has 0 unspecified atom stereocenters. The van der Waals surface area contributed by atoms with Gasteiger partial charge in [0.1, 0.15) is 18.5 Å². The minimum Gasteiger partial charge on any atom is -0.491 e. The van der Waals surface area contributed by atoms with Crippen LogP contribution in [0.3, 0.4) is 0 Å². The Bertz CT molecular complexity index is 825. The number of benzene rings is 2. The Morgan fingerprint density at radius 1 is 1.23 bits per heavy atom. The highest BCUT2D eigenvalue weighted by Gasteiger charge is 2.21. The van der Waals surface area contributed by atoms with Gasteiger partial charge in [0.15, 0.2) is 0 Å². The number of para-hydroxylation sites is 2. The number of rotatable bonds is 12. The van der Waals surface area contributed by atoms with Crippen LogP contribution in [-0.4, -0.2) is 42.0 Å². The number of carbonyl (C=O) groups excluding carboxylic acids is 1. The van der Waals surface area contributed by atoms with Crippen LogP contribution in [0.5, 0.6) is 5.75 Å². The first-order valence-electron chi connectivity index (χ1n) is 10.0. The molecule has 0 aliphatic heterocycles. The molecular formula is C23H30N2O5. The SMILES string of the molecule is CCO[C@H](CC/C=C/C(=O)Nc1ccccc1N)[C@H](O)c1cccc(OCCO)c1. The maximum Gasteiger partial charge on any atom is 0.248 e. The molecule has 5 N–H and O–H groups in total. The molecule has 0 heterocycles. The zero-order chi connectivity index (χ0) is 21.8. The van der Waals surface area contributed by atoms with Gasteiger partial charge in [-0.05, 0) is 55.7 Å². The van der Waals surface area contributed by atoms with E-state index in [9.17, 15) is 9.90 Å². The van der Waals surface area contributed by atoms with E-state index in [1.54, 1.807) is 54.6 Å². The molecule has 0 aliphatic rings. The number of aliphatic hydroxyl groups excluding tert-OH is 2. The first-order chi connectivity index (χ1) is 14.5. The molecule has 2 aromatic carbocycles. The van der Waals surface area contributed by atoms with Crippen LogP contribution in [-0.2, 0) is 9.53 Å². The second-order valence-electron chi connectivity index (χ2n) is 6.64. The molecule has 2 atom stereocenters. The fourth-order valence-electron chi connectivity index (χ4n) is 2.95. The van der Waals surface area contributed by atoms with Crippen LogP contribution >= 0.6 is 0 Å². The van der Waals surface area contributed by atoms with E-state index in [4.69, 9.17) is 20.3 Å². The van der Waals surface area contributed by atoms with Crippen LogP contribution < -0.4 is 15.8 Å². The summed E-state index contributed by atoms with van der Waals surface area (Å²) in [6, 6.07) is 14.1. The van der Waals surface area contributed by atoms with E-state index in [0.717, 1.165) is 0 Å². The highest BCUT2D eigenvalue weighted by molar-refractivity contribution is 6.01. The number of hydrogen-bond acceptors (Lipinski definition) is 6. The lowest BCUT2D eigenvalue weighted by Crippen LogP contribution is -2.22. The van der Waals surface area contributed by atoms with Crippen molar-refractivity contribution in [1.82, 2.24) is 0 Å². The lowest BCUT2D eigenvalue weighted by Gasteiger charge is -2.23. The van der Waals surface area contributed by atoms with E-state index in [-0.39, 0.29) is 19.1 Å². The van der Waals surface area contributed by atoms with Crippen molar-refractivity contribution in [3.8, 4) is 5.75 Å². The lowest BCUT2D eigenvalue weighted by atomic mass is 10.00. The third-order valence-electron chi connectivity index (χ3n) is 4.40. The Kier molecular flexibility index (Phi) is 9.86. The van der Waals surface area contributed by atoms with Crippen molar-refractivity contribution >= 4 is 17.3 Å². The average Bonchev–Trinajstić information content (AvgIpc) is 2.75. The Hall–Kier alpha value is -2.87. The third-order valence-corrected chi connectivity index (χ3v) is 4.40. The van der Waals surface area contributed by atoms with Gasteiger partial charge in [0.05, 0.1) is 24.1 Å². The fourth-order valence-corrected chi connectivity index (χ4v) is 2.95. The number of aliphatic hydroxyl groups is 2. The number of allylic oxidation sites excluding steroid dienone is 1. The monoisotopic (exact) mass is 414 g/mol. The molecule has 2 rings (SSSR count). The molecule has 0 bridgehead atoms. The molecule has 7 nitrogen and oxygen atoms in total. The molecule has 30 heavy (non-hydrogen) atoms. The van der Waals surface area contributed by atoms with Gasteiger partial charge in [0, 0.05) is 6.61 Å². The van der Waals surface area contributed by atoms with Crippen molar-refractivity contribution < 1.29 is 24.5 Å². The molecule has 0 aromatic heterocycles. The van der Waals surface area contributed by atoms with Gasteiger partial charge >= 0.3 is 0 Å². The standard InChI is InChI=1S/C23H30N2O5/c1-2-29-21(23(28)17-8-7-9-18(16-17)30-15-14-26)12-5-6-13-22(27)25-20-11-4-3-10-19(20)24/h3-4,6-11,13,16,21,23,26,28H,2,5,12,14-15,24H2,1H3,(H,25,27)/b13-6+/t21-,23-/m1/s1. The molecule has 0 radical (unpaired) electrons. The maximum atomic E-state index is 12.0. The highest BCUT2D eigenvalue weighted by Crippen LogP contribution is 2.26. The van der Waals surface area contributed by atoms with Crippen LogP contribution in [0.4, 0.5) is 11.4 Å². The summed E-state index contributed by atoms with van der Waals surface area (Å²) in [5, 5.41) is 22.4. The first-order valence-corrected chi connectivity index (χ1v) is 10.0. The van der Waals surface area contributed by atoms with Gasteiger partial charge in [0.2, 0.25) is 5.91 Å². The predicted octanol–water partition coefficient (Wildman–Crippen LogP) is 3.05. The Morgan fingerprint density at radius 3 is 2.77 bits per heavy atom. The molecule has 162 valence electrons. The minimum absolute atomic E-state index is 0.0782. The Morgan fingerprint density at radius 2 is 2.03 bits per heavy atom. The van der Waals surface area contributed by atoms with E-state index < -0.39 is 12.2 Å².